The zero-order chi connectivity index (χ0) is 10.2. The summed E-state index contributed by atoms with van der Waals surface area (Å²) in [5.41, 5.74) is 1.79. The van der Waals surface area contributed by atoms with E-state index in [-0.39, 0.29) is 6.10 Å². The summed E-state index contributed by atoms with van der Waals surface area (Å²) in [6.45, 7) is 2.02. The van der Waals surface area contributed by atoms with Crippen LogP contribution in [0, 0.1) is 18.3 Å². The summed E-state index contributed by atoms with van der Waals surface area (Å²) in [6, 6.07) is 10.3. The average molecular weight is 187 g/mol. The highest BCUT2D eigenvalue weighted by atomic mass is 16.3. The highest BCUT2D eigenvalue weighted by Crippen LogP contribution is 2.43. The summed E-state index contributed by atoms with van der Waals surface area (Å²) in [4.78, 5) is 0. The molecule has 1 aromatic carbocycles. The van der Waals surface area contributed by atoms with Crippen LogP contribution in [0.2, 0.25) is 0 Å². The number of hydrogen-bond acceptors (Lipinski definition) is 2. The summed E-state index contributed by atoms with van der Waals surface area (Å²) < 4.78 is 0. The van der Waals surface area contributed by atoms with Gasteiger partial charge in [-0.05, 0) is 25.3 Å². The van der Waals surface area contributed by atoms with Crippen molar-refractivity contribution in [2.24, 2.45) is 0 Å². The van der Waals surface area contributed by atoms with Gasteiger partial charge in [-0.1, -0.05) is 29.8 Å². The van der Waals surface area contributed by atoms with Gasteiger partial charge in [0.15, 0.2) is 0 Å². The number of aliphatic hydroxyl groups excluding tert-OH is 1. The summed E-state index contributed by atoms with van der Waals surface area (Å²) in [6.07, 6.45) is 0.857. The number of aliphatic hydroxyl groups is 1. The first kappa shape index (κ1) is 9.23. The standard InChI is InChI=1S/C12H13NO/c1-9-3-2-4-10(5-9)12(8-13)6-11(14)7-12/h2-5,11,14H,6-7H2,1H3. The van der Waals surface area contributed by atoms with Gasteiger partial charge in [-0.25, -0.2) is 0 Å². The van der Waals surface area contributed by atoms with Crippen LogP contribution < -0.4 is 0 Å². The summed E-state index contributed by atoms with van der Waals surface area (Å²) in [5, 5.41) is 18.4. The highest BCUT2D eigenvalue weighted by molar-refractivity contribution is 5.38. The van der Waals surface area contributed by atoms with Gasteiger partial charge in [0.25, 0.3) is 0 Å². The van der Waals surface area contributed by atoms with Crippen molar-refractivity contribution in [2.45, 2.75) is 31.3 Å². The minimum Gasteiger partial charge on any atom is -0.393 e. The lowest BCUT2D eigenvalue weighted by Gasteiger charge is -2.40. The van der Waals surface area contributed by atoms with E-state index < -0.39 is 5.41 Å². The molecule has 1 saturated carbocycles. The average Bonchev–Trinajstić information content (AvgIpc) is 2.12. The number of aryl methyl sites for hydroxylation is 1. The number of nitriles is 1. The van der Waals surface area contributed by atoms with Crippen molar-refractivity contribution < 1.29 is 5.11 Å². The van der Waals surface area contributed by atoms with Gasteiger partial charge >= 0.3 is 0 Å². The molecule has 2 rings (SSSR count). The van der Waals surface area contributed by atoms with Crippen LogP contribution >= 0.6 is 0 Å². The molecule has 0 amide bonds. The monoisotopic (exact) mass is 187 g/mol. The first-order chi connectivity index (χ1) is 6.66. The Morgan fingerprint density at radius 3 is 2.71 bits per heavy atom. The molecule has 1 aliphatic rings. The molecule has 1 N–H and O–H groups in total. The van der Waals surface area contributed by atoms with Gasteiger partial charge in [0.05, 0.1) is 17.6 Å². The van der Waals surface area contributed by atoms with Gasteiger partial charge in [-0.3, -0.25) is 0 Å². The van der Waals surface area contributed by atoms with Crippen molar-refractivity contribution in [2.75, 3.05) is 0 Å². The van der Waals surface area contributed by atoms with Gasteiger partial charge < -0.3 is 5.11 Å². The SMILES string of the molecule is Cc1cccc(C2(C#N)CC(O)C2)c1. The number of rotatable bonds is 1. The normalized spacial score (nSPS) is 30.5. The lowest BCUT2D eigenvalue weighted by Crippen LogP contribution is -2.43. The molecule has 0 heterocycles. The van der Waals surface area contributed by atoms with Crippen molar-refractivity contribution in [3.8, 4) is 6.07 Å². The van der Waals surface area contributed by atoms with E-state index in [1.54, 1.807) is 0 Å². The molecule has 1 fully saturated rings. The van der Waals surface area contributed by atoms with E-state index >= 15 is 0 Å². The molecule has 14 heavy (non-hydrogen) atoms. The fraction of sp³-hybridized carbons (Fsp3) is 0.417. The van der Waals surface area contributed by atoms with E-state index in [1.165, 1.54) is 5.56 Å². The van der Waals surface area contributed by atoms with Crippen molar-refractivity contribution in [3.63, 3.8) is 0 Å². The van der Waals surface area contributed by atoms with E-state index in [0.29, 0.717) is 12.8 Å². The Balaban J connectivity index is 2.35. The molecule has 1 aromatic rings. The molecule has 0 saturated heterocycles. The first-order valence-corrected chi connectivity index (χ1v) is 4.83. The molecule has 0 spiro atoms. The van der Waals surface area contributed by atoms with Crippen LogP contribution in [0.15, 0.2) is 24.3 Å². The zero-order valence-corrected chi connectivity index (χ0v) is 8.20. The molecule has 2 heteroatoms. The lowest BCUT2D eigenvalue weighted by molar-refractivity contribution is 0.0447. The second kappa shape index (κ2) is 3.11. The van der Waals surface area contributed by atoms with Crippen LogP contribution in [-0.4, -0.2) is 11.2 Å². The largest absolute Gasteiger partial charge is 0.393 e. The number of hydrogen-bond donors (Lipinski definition) is 1. The second-order valence-electron chi connectivity index (χ2n) is 4.13. The van der Waals surface area contributed by atoms with Crippen molar-refractivity contribution in [1.82, 2.24) is 0 Å². The van der Waals surface area contributed by atoms with E-state index in [4.69, 9.17) is 5.26 Å². The number of benzene rings is 1. The van der Waals surface area contributed by atoms with Crippen molar-refractivity contribution >= 4 is 0 Å². The highest BCUT2D eigenvalue weighted by Gasteiger charge is 2.45. The van der Waals surface area contributed by atoms with Crippen molar-refractivity contribution in [1.29, 1.82) is 5.26 Å². The zero-order valence-electron chi connectivity index (χ0n) is 8.20. The van der Waals surface area contributed by atoms with Gasteiger partial charge in [0, 0.05) is 0 Å². The molecule has 0 aromatic heterocycles. The smallest absolute Gasteiger partial charge is 0.0871 e. The molecule has 0 bridgehead atoms. The molecule has 2 nitrogen and oxygen atoms in total. The third kappa shape index (κ3) is 1.30. The first-order valence-electron chi connectivity index (χ1n) is 4.83. The maximum absolute atomic E-state index is 9.29. The molecular weight excluding hydrogens is 174 g/mol. The van der Waals surface area contributed by atoms with Crippen LogP contribution in [0.3, 0.4) is 0 Å². The lowest BCUT2D eigenvalue weighted by atomic mass is 9.63. The Morgan fingerprint density at radius 2 is 2.21 bits per heavy atom. The van der Waals surface area contributed by atoms with Gasteiger partial charge in [-0.2, -0.15) is 5.26 Å². The maximum Gasteiger partial charge on any atom is 0.0871 e. The fourth-order valence-electron chi connectivity index (χ4n) is 2.08. The quantitative estimate of drug-likeness (QED) is 0.729. The molecule has 1 aliphatic carbocycles. The Kier molecular flexibility index (Phi) is 2.05. The van der Waals surface area contributed by atoms with Gasteiger partial charge in [-0.15, -0.1) is 0 Å². The molecule has 0 aliphatic heterocycles. The Morgan fingerprint density at radius 1 is 1.50 bits per heavy atom. The minimum absolute atomic E-state index is 0.296. The number of nitrogens with zero attached hydrogens (tertiary/aromatic N) is 1. The molecule has 0 unspecified atom stereocenters. The summed E-state index contributed by atoms with van der Waals surface area (Å²) >= 11 is 0. The van der Waals surface area contributed by atoms with Crippen molar-refractivity contribution in [3.05, 3.63) is 35.4 Å². The summed E-state index contributed by atoms with van der Waals surface area (Å²) in [7, 11) is 0. The molecule has 0 atom stereocenters. The molecule has 72 valence electrons. The summed E-state index contributed by atoms with van der Waals surface area (Å²) in [5.74, 6) is 0. The predicted octanol–water partition coefficient (Wildman–Crippen LogP) is 1.91. The fourth-order valence-corrected chi connectivity index (χ4v) is 2.08. The third-order valence-corrected chi connectivity index (χ3v) is 2.95. The van der Waals surface area contributed by atoms with Crippen LogP contribution in [-0.2, 0) is 5.41 Å². The van der Waals surface area contributed by atoms with Gasteiger partial charge in [0.1, 0.15) is 0 Å². The van der Waals surface area contributed by atoms with Gasteiger partial charge in [0.2, 0.25) is 0 Å². The third-order valence-electron chi connectivity index (χ3n) is 2.95. The van der Waals surface area contributed by atoms with E-state index in [2.05, 4.69) is 6.07 Å². The second-order valence-corrected chi connectivity index (χ2v) is 4.13. The Hall–Kier alpha value is -1.33. The molecular formula is C12H13NO. The van der Waals surface area contributed by atoms with E-state index in [1.807, 2.05) is 31.2 Å². The van der Waals surface area contributed by atoms with E-state index in [9.17, 15) is 5.11 Å². The maximum atomic E-state index is 9.29. The topological polar surface area (TPSA) is 44.0 Å². The minimum atomic E-state index is -0.425. The predicted molar refractivity (Wildman–Crippen MR) is 53.7 cm³/mol. The van der Waals surface area contributed by atoms with E-state index in [0.717, 1.165) is 5.56 Å². The Labute approximate surface area is 83.8 Å². The molecule has 0 radical (unpaired) electrons. The van der Waals surface area contributed by atoms with Crippen LogP contribution in [0.25, 0.3) is 0 Å². The van der Waals surface area contributed by atoms with Crippen LogP contribution in [0.5, 0.6) is 0 Å². The Bertz CT molecular complexity index is 386. The van der Waals surface area contributed by atoms with Crippen LogP contribution in [0.4, 0.5) is 0 Å². The van der Waals surface area contributed by atoms with Crippen LogP contribution in [0.1, 0.15) is 24.0 Å².